The topological polar surface area (TPSA) is 64.3 Å². The van der Waals surface area contributed by atoms with Gasteiger partial charge in [-0.3, -0.25) is 4.79 Å². The minimum absolute atomic E-state index is 0.144. The molecule has 110 valence electrons. The Balaban J connectivity index is 1.83. The third-order valence-corrected chi connectivity index (χ3v) is 3.84. The molecule has 0 radical (unpaired) electrons. The number of carbonyl (C=O) groups excluding carboxylic acids is 1. The molecule has 21 heavy (non-hydrogen) atoms. The summed E-state index contributed by atoms with van der Waals surface area (Å²) in [6, 6.07) is 15.1. The quantitative estimate of drug-likeness (QED) is 0.489. The molecule has 4 nitrogen and oxygen atoms in total. The summed E-state index contributed by atoms with van der Waals surface area (Å²) >= 11 is 1.70. The maximum absolute atomic E-state index is 12.0. The zero-order valence-electron chi connectivity index (χ0n) is 11.8. The largest absolute Gasteiger partial charge is 0.497 e. The van der Waals surface area contributed by atoms with E-state index in [4.69, 9.17) is 10.5 Å². The highest BCUT2D eigenvalue weighted by atomic mass is 32.2. The Hall–Kier alpha value is -2.14. The van der Waals surface area contributed by atoms with Crippen LogP contribution in [0.4, 0.5) is 5.69 Å². The van der Waals surface area contributed by atoms with Crippen LogP contribution in [0.3, 0.4) is 0 Å². The van der Waals surface area contributed by atoms with Crippen LogP contribution in [0.15, 0.2) is 53.4 Å². The van der Waals surface area contributed by atoms with Crippen molar-refractivity contribution in [3.8, 4) is 5.75 Å². The lowest BCUT2D eigenvalue weighted by Gasteiger charge is -2.08. The van der Waals surface area contributed by atoms with E-state index in [0.717, 1.165) is 5.75 Å². The predicted octanol–water partition coefficient (Wildman–Crippen LogP) is 2.80. The standard InChI is InChI=1S/C16H18N2O2S/c1-20-14-10-12(9-13(17)11-14)16(19)18-7-8-21-15-5-3-2-4-6-15/h2-6,9-11H,7-8,17H2,1H3,(H,18,19). The number of methoxy groups -OCH3 is 1. The number of nitrogens with one attached hydrogen (secondary N) is 1. The van der Waals surface area contributed by atoms with Crippen LogP contribution in [-0.2, 0) is 0 Å². The first kappa shape index (κ1) is 15.3. The van der Waals surface area contributed by atoms with Crippen molar-refractivity contribution in [2.45, 2.75) is 4.90 Å². The first-order valence-corrected chi connectivity index (χ1v) is 7.58. The number of carbonyl (C=O) groups is 1. The molecule has 2 aromatic carbocycles. The Labute approximate surface area is 128 Å². The third kappa shape index (κ3) is 4.72. The van der Waals surface area contributed by atoms with Crippen molar-refractivity contribution >= 4 is 23.4 Å². The Morgan fingerprint density at radius 1 is 1.24 bits per heavy atom. The van der Waals surface area contributed by atoms with Gasteiger partial charge in [0.1, 0.15) is 5.75 Å². The van der Waals surface area contributed by atoms with E-state index in [2.05, 4.69) is 17.4 Å². The summed E-state index contributed by atoms with van der Waals surface area (Å²) in [5.74, 6) is 1.25. The lowest BCUT2D eigenvalue weighted by atomic mass is 10.2. The Morgan fingerprint density at radius 2 is 2.00 bits per heavy atom. The van der Waals surface area contributed by atoms with Gasteiger partial charge in [-0.1, -0.05) is 18.2 Å². The Kier molecular flexibility index (Phi) is 5.51. The van der Waals surface area contributed by atoms with E-state index in [9.17, 15) is 4.79 Å². The number of nitrogen functional groups attached to an aromatic ring is 1. The van der Waals surface area contributed by atoms with E-state index in [0.29, 0.717) is 23.5 Å². The normalized spacial score (nSPS) is 10.1. The lowest BCUT2D eigenvalue weighted by molar-refractivity contribution is 0.0956. The molecule has 2 aromatic rings. The van der Waals surface area contributed by atoms with Gasteiger partial charge in [-0.15, -0.1) is 11.8 Å². The number of amides is 1. The molecule has 0 saturated carbocycles. The summed E-state index contributed by atoms with van der Waals surface area (Å²) in [7, 11) is 1.55. The summed E-state index contributed by atoms with van der Waals surface area (Å²) in [5, 5.41) is 2.88. The van der Waals surface area contributed by atoms with Crippen LogP contribution >= 0.6 is 11.8 Å². The molecule has 0 saturated heterocycles. The van der Waals surface area contributed by atoms with E-state index in [-0.39, 0.29) is 5.91 Å². The first-order valence-electron chi connectivity index (χ1n) is 6.59. The van der Waals surface area contributed by atoms with Crippen LogP contribution in [0, 0.1) is 0 Å². The van der Waals surface area contributed by atoms with Crippen molar-refractivity contribution in [2.75, 3.05) is 25.1 Å². The van der Waals surface area contributed by atoms with Crippen LogP contribution in [0.5, 0.6) is 5.75 Å². The summed E-state index contributed by atoms with van der Waals surface area (Å²) in [4.78, 5) is 13.2. The van der Waals surface area contributed by atoms with Crippen LogP contribution in [0.2, 0.25) is 0 Å². The average molecular weight is 302 g/mol. The predicted molar refractivity (Wildman–Crippen MR) is 86.9 cm³/mol. The molecule has 0 unspecified atom stereocenters. The fourth-order valence-corrected chi connectivity index (χ4v) is 2.61. The van der Waals surface area contributed by atoms with Crippen LogP contribution in [-0.4, -0.2) is 25.3 Å². The minimum atomic E-state index is -0.144. The number of hydrogen-bond donors (Lipinski definition) is 2. The molecule has 0 aliphatic rings. The van der Waals surface area contributed by atoms with Crippen LogP contribution in [0.1, 0.15) is 10.4 Å². The number of anilines is 1. The smallest absolute Gasteiger partial charge is 0.251 e. The number of ether oxygens (including phenoxy) is 1. The van der Waals surface area contributed by atoms with Gasteiger partial charge in [0.05, 0.1) is 7.11 Å². The maximum Gasteiger partial charge on any atom is 0.251 e. The zero-order valence-corrected chi connectivity index (χ0v) is 12.7. The van der Waals surface area contributed by atoms with E-state index in [1.54, 1.807) is 37.1 Å². The molecule has 0 fully saturated rings. The average Bonchev–Trinajstić information content (AvgIpc) is 2.51. The van der Waals surface area contributed by atoms with E-state index in [1.807, 2.05) is 18.2 Å². The van der Waals surface area contributed by atoms with Gasteiger partial charge in [-0.25, -0.2) is 0 Å². The van der Waals surface area contributed by atoms with Gasteiger partial charge in [-0.2, -0.15) is 0 Å². The summed E-state index contributed by atoms with van der Waals surface area (Å²) in [6.07, 6.45) is 0. The van der Waals surface area contributed by atoms with Crippen molar-refractivity contribution in [3.05, 3.63) is 54.1 Å². The van der Waals surface area contributed by atoms with Gasteiger partial charge in [0.2, 0.25) is 0 Å². The highest BCUT2D eigenvalue weighted by Gasteiger charge is 2.07. The molecule has 0 bridgehead atoms. The second-order valence-corrected chi connectivity index (χ2v) is 5.58. The molecule has 3 N–H and O–H groups in total. The molecule has 0 aliphatic heterocycles. The van der Waals surface area contributed by atoms with Crippen molar-refractivity contribution in [2.24, 2.45) is 0 Å². The summed E-state index contributed by atoms with van der Waals surface area (Å²) in [6.45, 7) is 0.593. The SMILES string of the molecule is COc1cc(N)cc(C(=O)NCCSc2ccccc2)c1. The Morgan fingerprint density at radius 3 is 2.71 bits per heavy atom. The molecule has 0 spiro atoms. The molecule has 2 rings (SSSR count). The fraction of sp³-hybridized carbons (Fsp3) is 0.188. The van der Waals surface area contributed by atoms with Gasteiger partial charge in [0, 0.05) is 34.5 Å². The van der Waals surface area contributed by atoms with Gasteiger partial charge in [-0.05, 0) is 24.3 Å². The molecular weight excluding hydrogens is 284 g/mol. The molecule has 0 atom stereocenters. The van der Waals surface area contributed by atoms with Gasteiger partial charge in [0.15, 0.2) is 0 Å². The zero-order chi connectivity index (χ0) is 15.1. The molecule has 5 heteroatoms. The molecule has 0 aliphatic carbocycles. The van der Waals surface area contributed by atoms with Crippen LogP contribution in [0.25, 0.3) is 0 Å². The van der Waals surface area contributed by atoms with Gasteiger partial charge < -0.3 is 15.8 Å². The van der Waals surface area contributed by atoms with Gasteiger partial charge in [0.25, 0.3) is 5.91 Å². The molecule has 1 amide bonds. The van der Waals surface area contributed by atoms with E-state index in [1.165, 1.54) is 4.90 Å². The van der Waals surface area contributed by atoms with Crippen molar-refractivity contribution in [1.82, 2.24) is 5.32 Å². The monoisotopic (exact) mass is 302 g/mol. The molecule has 0 heterocycles. The second-order valence-electron chi connectivity index (χ2n) is 4.41. The molecule has 0 aromatic heterocycles. The highest BCUT2D eigenvalue weighted by molar-refractivity contribution is 7.99. The number of nitrogens with two attached hydrogens (primary N) is 1. The van der Waals surface area contributed by atoms with Gasteiger partial charge >= 0.3 is 0 Å². The van der Waals surface area contributed by atoms with E-state index < -0.39 is 0 Å². The van der Waals surface area contributed by atoms with E-state index >= 15 is 0 Å². The minimum Gasteiger partial charge on any atom is -0.497 e. The number of rotatable bonds is 6. The van der Waals surface area contributed by atoms with Crippen molar-refractivity contribution in [3.63, 3.8) is 0 Å². The molecular formula is C16H18N2O2S. The first-order chi connectivity index (χ1) is 10.2. The fourth-order valence-electron chi connectivity index (χ4n) is 1.82. The second kappa shape index (κ2) is 7.59. The lowest BCUT2D eigenvalue weighted by Crippen LogP contribution is -2.25. The van der Waals surface area contributed by atoms with Crippen molar-refractivity contribution < 1.29 is 9.53 Å². The number of thioether (sulfide) groups is 1. The number of benzene rings is 2. The Bertz CT molecular complexity index is 602. The van der Waals surface area contributed by atoms with Crippen molar-refractivity contribution in [1.29, 1.82) is 0 Å². The summed E-state index contributed by atoms with van der Waals surface area (Å²) in [5.41, 5.74) is 6.76. The third-order valence-electron chi connectivity index (χ3n) is 2.83. The summed E-state index contributed by atoms with van der Waals surface area (Å²) < 4.78 is 5.11. The van der Waals surface area contributed by atoms with Crippen LogP contribution < -0.4 is 15.8 Å². The number of hydrogen-bond acceptors (Lipinski definition) is 4. The maximum atomic E-state index is 12.0. The highest BCUT2D eigenvalue weighted by Crippen LogP contribution is 2.19.